The molecule has 1 amide bonds. The molecule has 22 heavy (non-hydrogen) atoms. The van der Waals surface area contributed by atoms with E-state index >= 15 is 0 Å². The number of amides is 1. The lowest BCUT2D eigenvalue weighted by Crippen LogP contribution is -2.13. The molecule has 0 saturated carbocycles. The number of aromatic nitrogens is 1. The Hall–Kier alpha value is -2.40. The molecular formula is C17H16N2O2S. The van der Waals surface area contributed by atoms with Gasteiger partial charge in [0.05, 0.1) is 22.4 Å². The van der Waals surface area contributed by atoms with E-state index in [9.17, 15) is 4.79 Å². The predicted octanol–water partition coefficient (Wildman–Crippen LogP) is 4.26. The van der Waals surface area contributed by atoms with Gasteiger partial charge in [-0.1, -0.05) is 29.5 Å². The molecule has 1 aromatic heterocycles. The minimum absolute atomic E-state index is 0.208. The number of carbonyl (C=O) groups excluding carboxylic acids is 1. The number of hydrogen-bond acceptors (Lipinski definition) is 4. The minimum atomic E-state index is -0.208. The smallest absolute Gasteiger partial charge is 0.261 e. The lowest BCUT2D eigenvalue weighted by molar-refractivity contribution is 0.102. The largest absolute Gasteiger partial charge is 0.493 e. The standard InChI is InChI=1S/C17H16N2O2S/c1-3-21-14-7-5-4-6-12(14)16(20)19-17-18-13-9-8-11(2)10-15(13)22-17/h4-10H,3H2,1-2H3,(H,18,19,20). The Morgan fingerprint density at radius 2 is 2.09 bits per heavy atom. The molecule has 112 valence electrons. The molecule has 5 heteroatoms. The molecule has 4 nitrogen and oxygen atoms in total. The zero-order valence-corrected chi connectivity index (χ0v) is 13.2. The fourth-order valence-electron chi connectivity index (χ4n) is 2.19. The Bertz CT molecular complexity index is 826. The van der Waals surface area contributed by atoms with Crippen molar-refractivity contribution in [3.05, 3.63) is 53.6 Å². The topological polar surface area (TPSA) is 51.2 Å². The van der Waals surface area contributed by atoms with Crippen molar-refractivity contribution in [2.45, 2.75) is 13.8 Å². The van der Waals surface area contributed by atoms with Gasteiger partial charge in [-0.05, 0) is 43.7 Å². The van der Waals surface area contributed by atoms with Gasteiger partial charge < -0.3 is 4.74 Å². The van der Waals surface area contributed by atoms with Crippen molar-refractivity contribution in [2.75, 3.05) is 11.9 Å². The number of rotatable bonds is 4. The first-order valence-electron chi connectivity index (χ1n) is 7.07. The number of nitrogens with one attached hydrogen (secondary N) is 1. The van der Waals surface area contributed by atoms with Gasteiger partial charge in [0, 0.05) is 0 Å². The van der Waals surface area contributed by atoms with Gasteiger partial charge in [0.2, 0.25) is 0 Å². The third kappa shape index (κ3) is 2.94. The first kappa shape index (κ1) is 14.5. The van der Waals surface area contributed by atoms with Crippen LogP contribution in [0.5, 0.6) is 5.75 Å². The average Bonchev–Trinajstić information content (AvgIpc) is 2.89. The van der Waals surface area contributed by atoms with Crippen molar-refractivity contribution in [1.82, 2.24) is 4.98 Å². The van der Waals surface area contributed by atoms with E-state index < -0.39 is 0 Å². The fraction of sp³-hybridized carbons (Fsp3) is 0.176. The summed E-state index contributed by atoms with van der Waals surface area (Å²) in [5, 5.41) is 3.45. The van der Waals surface area contributed by atoms with Crippen molar-refractivity contribution in [3.63, 3.8) is 0 Å². The fourth-order valence-corrected chi connectivity index (χ4v) is 3.14. The van der Waals surface area contributed by atoms with E-state index in [1.165, 1.54) is 16.9 Å². The summed E-state index contributed by atoms with van der Waals surface area (Å²) in [5.74, 6) is 0.374. The van der Waals surface area contributed by atoms with Gasteiger partial charge in [0.15, 0.2) is 5.13 Å². The minimum Gasteiger partial charge on any atom is -0.493 e. The van der Waals surface area contributed by atoms with Crippen LogP contribution >= 0.6 is 11.3 Å². The second-order valence-corrected chi connectivity index (χ2v) is 5.90. The average molecular weight is 312 g/mol. The Morgan fingerprint density at radius 3 is 2.91 bits per heavy atom. The number of thiazole rings is 1. The van der Waals surface area contributed by atoms with Gasteiger partial charge in [-0.2, -0.15) is 0 Å². The molecule has 2 aromatic carbocycles. The van der Waals surface area contributed by atoms with Gasteiger partial charge in [0.1, 0.15) is 5.75 Å². The number of fused-ring (bicyclic) bond motifs is 1. The second kappa shape index (κ2) is 6.15. The first-order chi connectivity index (χ1) is 10.7. The van der Waals surface area contributed by atoms with E-state index in [0.717, 1.165) is 10.2 Å². The zero-order valence-electron chi connectivity index (χ0n) is 12.4. The first-order valence-corrected chi connectivity index (χ1v) is 7.89. The molecule has 0 aliphatic heterocycles. The number of para-hydroxylation sites is 1. The Labute approximate surface area is 132 Å². The van der Waals surface area contributed by atoms with Crippen molar-refractivity contribution < 1.29 is 9.53 Å². The van der Waals surface area contributed by atoms with Gasteiger partial charge in [-0.25, -0.2) is 4.98 Å². The van der Waals surface area contributed by atoms with Crippen LogP contribution in [0.3, 0.4) is 0 Å². The maximum absolute atomic E-state index is 12.4. The molecule has 3 aromatic rings. The molecule has 0 saturated heterocycles. The molecule has 1 heterocycles. The lowest BCUT2D eigenvalue weighted by atomic mass is 10.2. The molecule has 3 rings (SSSR count). The Kier molecular flexibility index (Phi) is 4.06. The summed E-state index contributed by atoms with van der Waals surface area (Å²) in [7, 11) is 0. The molecule has 0 atom stereocenters. The normalized spacial score (nSPS) is 10.6. The van der Waals surface area contributed by atoms with Crippen molar-refractivity contribution in [3.8, 4) is 5.75 Å². The van der Waals surface area contributed by atoms with Crippen molar-refractivity contribution in [1.29, 1.82) is 0 Å². The van der Waals surface area contributed by atoms with Crippen LogP contribution in [0, 0.1) is 6.92 Å². The summed E-state index contributed by atoms with van der Waals surface area (Å²) >= 11 is 1.47. The second-order valence-electron chi connectivity index (χ2n) is 4.87. The number of aryl methyl sites for hydroxylation is 1. The number of hydrogen-bond donors (Lipinski definition) is 1. The van der Waals surface area contributed by atoms with Crippen LogP contribution in [0.4, 0.5) is 5.13 Å². The van der Waals surface area contributed by atoms with Crippen LogP contribution in [-0.2, 0) is 0 Å². The van der Waals surface area contributed by atoms with Crippen LogP contribution in [0.1, 0.15) is 22.8 Å². The van der Waals surface area contributed by atoms with E-state index in [-0.39, 0.29) is 5.91 Å². The maximum atomic E-state index is 12.4. The van der Waals surface area contributed by atoms with Crippen LogP contribution in [0.15, 0.2) is 42.5 Å². The van der Waals surface area contributed by atoms with Crippen LogP contribution in [0.25, 0.3) is 10.2 Å². The molecule has 0 unspecified atom stereocenters. The van der Waals surface area contributed by atoms with E-state index in [0.29, 0.717) is 23.1 Å². The van der Waals surface area contributed by atoms with Gasteiger partial charge in [-0.3, -0.25) is 10.1 Å². The highest BCUT2D eigenvalue weighted by molar-refractivity contribution is 7.22. The van der Waals surface area contributed by atoms with Crippen molar-refractivity contribution in [2.24, 2.45) is 0 Å². The highest BCUT2D eigenvalue weighted by Gasteiger charge is 2.14. The zero-order chi connectivity index (χ0) is 15.5. The molecule has 0 aliphatic carbocycles. The summed E-state index contributed by atoms with van der Waals surface area (Å²) < 4.78 is 6.56. The van der Waals surface area contributed by atoms with Crippen LogP contribution in [-0.4, -0.2) is 17.5 Å². The highest BCUT2D eigenvalue weighted by atomic mass is 32.1. The third-order valence-corrected chi connectivity index (χ3v) is 4.13. The number of benzene rings is 2. The van der Waals surface area contributed by atoms with E-state index in [4.69, 9.17) is 4.74 Å². The molecular weight excluding hydrogens is 296 g/mol. The SMILES string of the molecule is CCOc1ccccc1C(=O)Nc1nc2ccc(C)cc2s1. The Balaban J connectivity index is 1.86. The quantitative estimate of drug-likeness (QED) is 0.783. The molecule has 0 spiro atoms. The predicted molar refractivity (Wildman–Crippen MR) is 89.9 cm³/mol. The highest BCUT2D eigenvalue weighted by Crippen LogP contribution is 2.28. The third-order valence-electron chi connectivity index (χ3n) is 3.20. The van der Waals surface area contributed by atoms with E-state index in [1.54, 1.807) is 12.1 Å². The summed E-state index contributed by atoms with van der Waals surface area (Å²) in [5.41, 5.74) is 2.58. The van der Waals surface area contributed by atoms with Crippen LogP contribution < -0.4 is 10.1 Å². The number of anilines is 1. The maximum Gasteiger partial charge on any atom is 0.261 e. The van der Waals surface area contributed by atoms with Crippen LogP contribution in [0.2, 0.25) is 0 Å². The molecule has 0 radical (unpaired) electrons. The molecule has 0 aliphatic rings. The summed E-state index contributed by atoms with van der Waals surface area (Å²) in [4.78, 5) is 16.9. The van der Waals surface area contributed by atoms with E-state index in [2.05, 4.69) is 16.4 Å². The van der Waals surface area contributed by atoms with Crippen molar-refractivity contribution >= 4 is 32.6 Å². The van der Waals surface area contributed by atoms with Gasteiger partial charge in [-0.15, -0.1) is 0 Å². The lowest BCUT2D eigenvalue weighted by Gasteiger charge is -2.08. The number of carbonyl (C=O) groups is 1. The molecule has 0 fully saturated rings. The van der Waals surface area contributed by atoms with Gasteiger partial charge in [0.25, 0.3) is 5.91 Å². The van der Waals surface area contributed by atoms with E-state index in [1.807, 2.05) is 38.1 Å². The summed E-state index contributed by atoms with van der Waals surface area (Å²) in [6.45, 7) is 4.45. The molecule has 0 bridgehead atoms. The Morgan fingerprint density at radius 1 is 1.27 bits per heavy atom. The monoisotopic (exact) mass is 312 g/mol. The number of nitrogens with zero attached hydrogens (tertiary/aromatic N) is 1. The summed E-state index contributed by atoms with van der Waals surface area (Å²) in [6.07, 6.45) is 0. The number of ether oxygens (including phenoxy) is 1. The molecule has 1 N–H and O–H groups in total. The van der Waals surface area contributed by atoms with Gasteiger partial charge >= 0.3 is 0 Å². The summed E-state index contributed by atoms with van der Waals surface area (Å²) in [6, 6.07) is 13.2.